The van der Waals surface area contributed by atoms with Crippen LogP contribution in [0.15, 0.2) is 66.7 Å². The van der Waals surface area contributed by atoms with Crippen LogP contribution in [0.5, 0.6) is 11.5 Å². The fraction of sp³-hybridized carbons (Fsp3) is 0.194. The molecule has 0 bridgehead atoms. The van der Waals surface area contributed by atoms with E-state index >= 15 is 0 Å². The fourth-order valence-electron chi connectivity index (χ4n) is 5.40. The zero-order chi connectivity index (χ0) is 25.1. The molecule has 1 aliphatic rings. The minimum absolute atomic E-state index is 0.150. The Bertz CT molecular complexity index is 1410. The number of nitrogens with one attached hydrogen (secondary N) is 1. The lowest BCUT2D eigenvalue weighted by Gasteiger charge is -2.31. The number of fused-ring (bicyclic) bond motifs is 1. The number of hydrogen-bond donors (Lipinski definition) is 3. The van der Waals surface area contributed by atoms with E-state index in [9.17, 15) is 15.0 Å². The Morgan fingerprint density at radius 2 is 1.17 bits per heavy atom. The molecule has 1 amide bonds. The average molecular weight is 464 g/mol. The summed E-state index contributed by atoms with van der Waals surface area (Å²) in [7, 11) is 0. The zero-order valence-corrected chi connectivity index (χ0v) is 20.7. The molecule has 0 radical (unpaired) electrons. The Labute approximate surface area is 205 Å². The van der Waals surface area contributed by atoms with Gasteiger partial charge in [0.2, 0.25) is 5.91 Å². The minimum Gasteiger partial charge on any atom is -0.507 e. The Balaban J connectivity index is 1.82. The van der Waals surface area contributed by atoms with Crippen LogP contribution >= 0.6 is 0 Å². The molecule has 1 aliphatic heterocycles. The highest BCUT2D eigenvalue weighted by atomic mass is 16.3. The first-order chi connectivity index (χ1) is 16.6. The van der Waals surface area contributed by atoms with Crippen molar-refractivity contribution in [2.75, 3.05) is 5.32 Å². The van der Waals surface area contributed by atoms with Crippen molar-refractivity contribution in [3.05, 3.63) is 111 Å². The smallest absolute Gasteiger partial charge is 0.244 e. The third-order valence-electron chi connectivity index (χ3n) is 7.21. The summed E-state index contributed by atoms with van der Waals surface area (Å²) in [6, 6.07) is 22.0. The second-order valence-corrected chi connectivity index (χ2v) is 9.75. The van der Waals surface area contributed by atoms with Crippen LogP contribution in [0.3, 0.4) is 0 Å². The molecule has 35 heavy (non-hydrogen) atoms. The molecule has 0 spiro atoms. The molecular formula is C31H29NO3. The molecule has 0 aliphatic carbocycles. The maximum Gasteiger partial charge on any atom is 0.244 e. The van der Waals surface area contributed by atoms with Gasteiger partial charge in [0.25, 0.3) is 0 Å². The van der Waals surface area contributed by atoms with Crippen molar-refractivity contribution in [3.8, 4) is 22.6 Å². The summed E-state index contributed by atoms with van der Waals surface area (Å²) < 4.78 is 0. The van der Waals surface area contributed by atoms with Crippen LogP contribution in [-0.2, 0) is 10.2 Å². The number of carbonyl (C=O) groups is 1. The molecule has 0 saturated heterocycles. The molecule has 5 rings (SSSR count). The van der Waals surface area contributed by atoms with Gasteiger partial charge < -0.3 is 15.5 Å². The van der Waals surface area contributed by atoms with Crippen LogP contribution in [0.4, 0.5) is 5.69 Å². The quantitative estimate of drug-likeness (QED) is 0.321. The van der Waals surface area contributed by atoms with E-state index in [4.69, 9.17) is 0 Å². The Morgan fingerprint density at radius 3 is 1.69 bits per heavy atom. The lowest BCUT2D eigenvalue weighted by Crippen LogP contribution is -2.37. The minimum atomic E-state index is -1.12. The van der Waals surface area contributed by atoms with Gasteiger partial charge in [-0.25, -0.2) is 0 Å². The van der Waals surface area contributed by atoms with E-state index in [-0.39, 0.29) is 17.4 Å². The van der Waals surface area contributed by atoms with Crippen LogP contribution in [0.25, 0.3) is 11.1 Å². The molecular weight excluding hydrogens is 434 g/mol. The summed E-state index contributed by atoms with van der Waals surface area (Å²) >= 11 is 0. The van der Waals surface area contributed by atoms with E-state index in [0.29, 0.717) is 22.3 Å². The van der Waals surface area contributed by atoms with E-state index in [1.165, 1.54) is 5.56 Å². The van der Waals surface area contributed by atoms with E-state index in [1.807, 2.05) is 70.2 Å². The molecule has 0 aromatic heterocycles. The van der Waals surface area contributed by atoms with Crippen molar-refractivity contribution in [3.63, 3.8) is 0 Å². The van der Waals surface area contributed by atoms with E-state index in [1.54, 1.807) is 0 Å². The van der Waals surface area contributed by atoms with Crippen molar-refractivity contribution >= 4 is 11.6 Å². The number of aromatic hydroxyl groups is 2. The van der Waals surface area contributed by atoms with Crippen molar-refractivity contribution in [2.24, 2.45) is 0 Å². The van der Waals surface area contributed by atoms with Gasteiger partial charge in [0.15, 0.2) is 0 Å². The number of carbonyl (C=O) groups excluding carboxylic acids is 1. The number of amides is 1. The first-order valence-electron chi connectivity index (χ1n) is 11.8. The highest BCUT2D eigenvalue weighted by Crippen LogP contribution is 2.50. The molecule has 0 unspecified atom stereocenters. The van der Waals surface area contributed by atoms with Gasteiger partial charge in [-0.05, 0) is 85.2 Å². The lowest BCUT2D eigenvalue weighted by molar-refractivity contribution is -0.118. The van der Waals surface area contributed by atoms with Gasteiger partial charge in [0.1, 0.15) is 16.9 Å². The fourth-order valence-corrected chi connectivity index (χ4v) is 5.40. The Kier molecular flexibility index (Phi) is 5.21. The monoisotopic (exact) mass is 463 g/mol. The van der Waals surface area contributed by atoms with E-state index in [2.05, 4.69) is 36.5 Å². The number of phenolic OH excluding ortho intramolecular Hbond substituents is 2. The summed E-state index contributed by atoms with van der Waals surface area (Å²) in [5.74, 6) is 0.314. The van der Waals surface area contributed by atoms with Crippen molar-refractivity contribution in [1.82, 2.24) is 0 Å². The molecule has 4 heteroatoms. The van der Waals surface area contributed by atoms with Gasteiger partial charge in [-0.2, -0.15) is 0 Å². The van der Waals surface area contributed by atoms with Gasteiger partial charge in [-0.1, -0.05) is 66.2 Å². The molecule has 4 aromatic carbocycles. The number of anilines is 1. The predicted molar refractivity (Wildman–Crippen MR) is 140 cm³/mol. The molecule has 4 aromatic rings. The molecule has 0 fully saturated rings. The molecule has 4 nitrogen and oxygen atoms in total. The standard InChI is InChI=1S/C31H29NO3/c1-17-7-6-8-22(11-17)23-9-10-26-27(16-23)32-30(35)31(26,24-12-18(2)28(33)19(3)13-24)25-14-20(4)29(34)21(5)15-25/h6-16,33-34H,1-5H3,(H,32,35). The molecule has 3 N–H and O–H groups in total. The SMILES string of the molecule is Cc1cccc(-c2ccc3c(c2)NC(=O)C3(c2cc(C)c(O)c(C)c2)c2cc(C)c(O)c(C)c2)c1. The predicted octanol–water partition coefficient (Wildman–Crippen LogP) is 6.59. The van der Waals surface area contributed by atoms with Crippen LogP contribution in [0.1, 0.15) is 44.5 Å². The highest BCUT2D eigenvalue weighted by Gasteiger charge is 2.50. The van der Waals surface area contributed by atoms with Gasteiger partial charge in [-0.15, -0.1) is 0 Å². The number of aryl methyl sites for hydroxylation is 5. The van der Waals surface area contributed by atoms with Crippen LogP contribution in [-0.4, -0.2) is 16.1 Å². The Hall–Kier alpha value is -4.05. The summed E-state index contributed by atoms with van der Waals surface area (Å²) in [5.41, 5.74) is 8.21. The zero-order valence-electron chi connectivity index (χ0n) is 20.7. The molecule has 176 valence electrons. The number of phenols is 2. The number of rotatable bonds is 3. The summed E-state index contributed by atoms with van der Waals surface area (Å²) in [6.07, 6.45) is 0. The third-order valence-corrected chi connectivity index (χ3v) is 7.21. The van der Waals surface area contributed by atoms with Gasteiger partial charge in [-0.3, -0.25) is 4.79 Å². The second-order valence-electron chi connectivity index (χ2n) is 9.75. The van der Waals surface area contributed by atoms with Crippen LogP contribution in [0, 0.1) is 34.6 Å². The van der Waals surface area contributed by atoms with Gasteiger partial charge in [0.05, 0.1) is 0 Å². The van der Waals surface area contributed by atoms with E-state index in [0.717, 1.165) is 33.5 Å². The maximum atomic E-state index is 14.0. The molecule has 0 saturated carbocycles. The molecule has 1 heterocycles. The largest absolute Gasteiger partial charge is 0.507 e. The summed E-state index contributed by atoms with van der Waals surface area (Å²) in [5, 5.41) is 24.1. The molecule has 0 atom stereocenters. The van der Waals surface area contributed by atoms with Crippen molar-refractivity contribution in [2.45, 2.75) is 40.0 Å². The van der Waals surface area contributed by atoms with Crippen LogP contribution in [0.2, 0.25) is 0 Å². The average Bonchev–Trinajstić information content (AvgIpc) is 3.12. The summed E-state index contributed by atoms with van der Waals surface area (Å²) in [6.45, 7) is 9.46. The van der Waals surface area contributed by atoms with Crippen molar-refractivity contribution in [1.29, 1.82) is 0 Å². The Morgan fingerprint density at radius 1 is 0.657 bits per heavy atom. The number of hydrogen-bond acceptors (Lipinski definition) is 3. The first-order valence-corrected chi connectivity index (χ1v) is 11.8. The summed E-state index contributed by atoms with van der Waals surface area (Å²) in [4.78, 5) is 14.0. The van der Waals surface area contributed by atoms with Gasteiger partial charge in [0, 0.05) is 11.3 Å². The normalized spacial score (nSPS) is 14.0. The lowest BCUT2D eigenvalue weighted by atomic mass is 9.68. The second kappa shape index (κ2) is 8.02. The maximum absolute atomic E-state index is 14.0. The number of benzene rings is 4. The topological polar surface area (TPSA) is 69.6 Å². The van der Waals surface area contributed by atoms with Crippen molar-refractivity contribution < 1.29 is 15.0 Å². The highest BCUT2D eigenvalue weighted by molar-refractivity contribution is 6.12. The van der Waals surface area contributed by atoms with Crippen LogP contribution < -0.4 is 5.32 Å². The third kappa shape index (κ3) is 3.40. The first kappa shape index (κ1) is 22.7. The van der Waals surface area contributed by atoms with Gasteiger partial charge >= 0.3 is 0 Å². The van der Waals surface area contributed by atoms with E-state index < -0.39 is 5.41 Å².